The Kier molecular flexibility index (Phi) is 5.98. The van der Waals surface area contributed by atoms with Crippen molar-refractivity contribution >= 4 is 38.7 Å². The number of fused-ring (bicyclic) bond motifs is 6. The summed E-state index contributed by atoms with van der Waals surface area (Å²) in [4.78, 5) is 24.1. The van der Waals surface area contributed by atoms with Gasteiger partial charge in [0.2, 0.25) is 0 Å². The first-order valence-electron chi connectivity index (χ1n) is 15.3. The predicted molar refractivity (Wildman–Crippen MR) is 180 cm³/mol. The van der Waals surface area contributed by atoms with E-state index in [1.807, 2.05) is 42.9 Å². The molecular formula is C39H27N5O. The third-order valence-corrected chi connectivity index (χ3v) is 8.76. The van der Waals surface area contributed by atoms with Crippen LogP contribution in [0.25, 0.3) is 55.6 Å². The number of allylic oxidation sites excluding steroid dienone is 3. The van der Waals surface area contributed by atoms with Crippen LogP contribution in [0, 0.1) is 0 Å². The predicted octanol–water partition coefficient (Wildman–Crippen LogP) is 8.64. The summed E-state index contributed by atoms with van der Waals surface area (Å²) in [7, 11) is 0. The van der Waals surface area contributed by atoms with Gasteiger partial charge >= 0.3 is 0 Å². The van der Waals surface area contributed by atoms with E-state index in [4.69, 9.17) is 19.7 Å². The second kappa shape index (κ2) is 10.5. The highest BCUT2D eigenvalue weighted by Gasteiger charge is 2.33. The van der Waals surface area contributed by atoms with Crippen molar-refractivity contribution in [1.82, 2.24) is 19.9 Å². The quantitative estimate of drug-likeness (QED) is 0.195. The van der Waals surface area contributed by atoms with E-state index in [2.05, 4.69) is 88.9 Å². The monoisotopic (exact) mass is 581 g/mol. The summed E-state index contributed by atoms with van der Waals surface area (Å²) in [6.07, 6.45) is 14.6. The average molecular weight is 582 g/mol. The molecule has 1 unspecified atom stereocenters. The molecule has 9 rings (SSSR count). The van der Waals surface area contributed by atoms with Crippen LogP contribution in [0.1, 0.15) is 36.1 Å². The fraction of sp³-hybridized carbons (Fsp3) is 0.103. The van der Waals surface area contributed by atoms with Gasteiger partial charge in [0.1, 0.15) is 11.9 Å². The molecule has 6 heterocycles. The Morgan fingerprint density at radius 2 is 1.56 bits per heavy atom. The zero-order chi connectivity index (χ0) is 29.7. The minimum absolute atomic E-state index is 0.0576. The molecule has 1 atom stereocenters. The summed E-state index contributed by atoms with van der Waals surface area (Å²) in [5, 5.41) is 2.16. The molecule has 4 aromatic heterocycles. The number of hydrogen-bond acceptors (Lipinski definition) is 6. The fourth-order valence-corrected chi connectivity index (χ4v) is 6.58. The average Bonchev–Trinajstić information content (AvgIpc) is 3.50. The standard InChI is InChI=1S/C39H27N5O/c1-3-18-40-31(9-1)33-22-27(23-34(43-33)32-10-2-4-19-41-32)28-8-5-11-36-37(28)29-21-26(15-17-35(29)45-36)30-16-14-25-13-12-24-7-6-20-42-38(24)39(25)44-30/h1,3-9,12-23,36H,2,10-11H2. The Morgan fingerprint density at radius 1 is 0.667 bits per heavy atom. The number of pyridine rings is 4. The molecule has 2 aromatic carbocycles. The summed E-state index contributed by atoms with van der Waals surface area (Å²) in [6, 6.07) is 29.1. The van der Waals surface area contributed by atoms with Gasteiger partial charge in [0.05, 0.1) is 39.5 Å². The first kappa shape index (κ1) is 25.7. The van der Waals surface area contributed by atoms with Gasteiger partial charge in [-0.1, -0.05) is 48.6 Å². The minimum Gasteiger partial charge on any atom is -0.485 e. The summed E-state index contributed by atoms with van der Waals surface area (Å²) in [5.41, 5.74) is 11.8. The van der Waals surface area contributed by atoms with Crippen LogP contribution < -0.4 is 4.74 Å². The minimum atomic E-state index is -0.0576. The number of rotatable bonds is 4. The molecule has 214 valence electrons. The van der Waals surface area contributed by atoms with E-state index in [0.29, 0.717) is 0 Å². The van der Waals surface area contributed by atoms with Crippen LogP contribution in [-0.2, 0) is 0 Å². The Labute approximate surface area is 260 Å². The largest absolute Gasteiger partial charge is 0.485 e. The van der Waals surface area contributed by atoms with Crippen LogP contribution in [0.2, 0.25) is 0 Å². The van der Waals surface area contributed by atoms with E-state index in [1.165, 1.54) is 5.57 Å². The Bertz CT molecular complexity index is 2280. The lowest BCUT2D eigenvalue weighted by molar-refractivity contribution is 0.279. The molecule has 6 nitrogen and oxygen atoms in total. The number of nitrogens with zero attached hydrogens (tertiary/aromatic N) is 5. The fourth-order valence-electron chi connectivity index (χ4n) is 6.58. The normalized spacial score (nSPS) is 16.9. The van der Waals surface area contributed by atoms with Crippen molar-refractivity contribution in [3.05, 3.63) is 139 Å². The molecule has 0 radical (unpaired) electrons. The molecule has 6 aromatic rings. The number of hydrogen-bond donors (Lipinski definition) is 0. The number of ether oxygens (including phenoxy) is 1. The summed E-state index contributed by atoms with van der Waals surface area (Å²) < 4.78 is 6.54. The molecule has 2 aliphatic heterocycles. The van der Waals surface area contributed by atoms with Crippen LogP contribution in [0.5, 0.6) is 5.75 Å². The van der Waals surface area contributed by atoms with Crippen molar-refractivity contribution in [2.24, 2.45) is 4.99 Å². The van der Waals surface area contributed by atoms with Gasteiger partial charge in [-0.3, -0.25) is 15.0 Å². The molecule has 0 saturated heterocycles. The highest BCUT2D eigenvalue weighted by Crippen LogP contribution is 2.47. The molecule has 6 heteroatoms. The van der Waals surface area contributed by atoms with Crippen LogP contribution in [-0.4, -0.2) is 31.8 Å². The van der Waals surface area contributed by atoms with Gasteiger partial charge in [0.25, 0.3) is 0 Å². The van der Waals surface area contributed by atoms with Gasteiger partial charge in [-0.2, -0.15) is 0 Å². The van der Waals surface area contributed by atoms with Crippen molar-refractivity contribution in [2.75, 3.05) is 0 Å². The van der Waals surface area contributed by atoms with E-state index in [0.717, 1.165) is 97.6 Å². The van der Waals surface area contributed by atoms with Gasteiger partial charge in [-0.25, -0.2) is 9.97 Å². The molecule has 0 amide bonds. The lowest BCUT2D eigenvalue weighted by Crippen LogP contribution is -2.15. The number of aromatic nitrogens is 4. The molecule has 45 heavy (non-hydrogen) atoms. The second-order valence-electron chi connectivity index (χ2n) is 11.5. The first-order valence-corrected chi connectivity index (χ1v) is 15.3. The molecule has 0 saturated carbocycles. The van der Waals surface area contributed by atoms with E-state index >= 15 is 0 Å². The molecule has 1 aliphatic carbocycles. The van der Waals surface area contributed by atoms with Crippen molar-refractivity contribution in [1.29, 1.82) is 0 Å². The maximum Gasteiger partial charge on any atom is 0.128 e. The van der Waals surface area contributed by atoms with Gasteiger partial charge < -0.3 is 4.74 Å². The molecule has 3 aliphatic rings. The Hall–Kier alpha value is -5.75. The van der Waals surface area contributed by atoms with Gasteiger partial charge in [-0.15, -0.1) is 0 Å². The zero-order valence-corrected chi connectivity index (χ0v) is 24.4. The Balaban J connectivity index is 1.21. The van der Waals surface area contributed by atoms with Crippen molar-refractivity contribution in [3.63, 3.8) is 0 Å². The van der Waals surface area contributed by atoms with Crippen molar-refractivity contribution in [2.45, 2.75) is 25.4 Å². The summed E-state index contributed by atoms with van der Waals surface area (Å²) >= 11 is 0. The van der Waals surface area contributed by atoms with Gasteiger partial charge in [0, 0.05) is 52.5 Å². The summed E-state index contributed by atoms with van der Waals surface area (Å²) in [6.45, 7) is 0. The van der Waals surface area contributed by atoms with E-state index in [9.17, 15) is 0 Å². The third-order valence-electron chi connectivity index (χ3n) is 8.76. The van der Waals surface area contributed by atoms with Crippen LogP contribution in [0.4, 0.5) is 0 Å². The lowest BCUT2D eigenvalue weighted by Gasteiger charge is -2.20. The van der Waals surface area contributed by atoms with Crippen LogP contribution in [0.15, 0.2) is 127 Å². The molecule has 0 spiro atoms. The van der Waals surface area contributed by atoms with E-state index in [-0.39, 0.29) is 6.10 Å². The van der Waals surface area contributed by atoms with Gasteiger partial charge in [-0.05, 0) is 78.6 Å². The number of aliphatic imine (C=N–C) groups is 1. The maximum absolute atomic E-state index is 6.54. The topological polar surface area (TPSA) is 73.2 Å². The molecular weight excluding hydrogens is 554 g/mol. The second-order valence-corrected chi connectivity index (χ2v) is 11.5. The lowest BCUT2D eigenvalue weighted by atomic mass is 9.86. The summed E-state index contributed by atoms with van der Waals surface area (Å²) in [5.74, 6) is 0.897. The molecule has 0 bridgehead atoms. The highest BCUT2D eigenvalue weighted by atomic mass is 16.5. The van der Waals surface area contributed by atoms with E-state index < -0.39 is 0 Å². The van der Waals surface area contributed by atoms with E-state index in [1.54, 1.807) is 0 Å². The Morgan fingerprint density at radius 3 is 2.44 bits per heavy atom. The van der Waals surface area contributed by atoms with Crippen molar-refractivity contribution in [3.8, 4) is 28.4 Å². The highest BCUT2D eigenvalue weighted by molar-refractivity contribution is 6.06. The zero-order valence-electron chi connectivity index (χ0n) is 24.4. The van der Waals surface area contributed by atoms with Crippen LogP contribution in [0.3, 0.4) is 0 Å². The third kappa shape index (κ3) is 4.45. The number of benzene rings is 2. The SMILES string of the molecule is C1=CN=C(c2cc(C3=C4c5cc(-c6ccc7ccc8cccnc8c7n6)ccc5OC4CC=C3)cc(-c3ccccn3)n2)CC1. The smallest absolute Gasteiger partial charge is 0.128 e. The first-order chi connectivity index (χ1) is 22.3. The van der Waals surface area contributed by atoms with Crippen LogP contribution >= 0.6 is 0 Å². The molecule has 0 N–H and O–H groups in total. The maximum atomic E-state index is 6.54. The van der Waals surface area contributed by atoms with Gasteiger partial charge in [0.15, 0.2) is 0 Å². The molecule has 0 fully saturated rings. The van der Waals surface area contributed by atoms with Crippen molar-refractivity contribution < 1.29 is 4.74 Å².